The van der Waals surface area contributed by atoms with E-state index in [-0.39, 0.29) is 16.9 Å². The Hall–Kier alpha value is -2.94. The lowest BCUT2D eigenvalue weighted by Crippen LogP contribution is -2.14. The Kier molecular flexibility index (Phi) is 5.23. The zero-order valence-electron chi connectivity index (χ0n) is 17.3. The molecule has 3 aromatic rings. The van der Waals surface area contributed by atoms with Crippen LogP contribution in [0.25, 0.3) is 11.0 Å². The number of nitrogens with one attached hydrogen (secondary N) is 2. The van der Waals surface area contributed by atoms with Crippen LogP contribution in [0.1, 0.15) is 30.9 Å². The molecule has 4 rings (SSSR count). The SMILES string of the molecule is CCc1cc(S(C)(=O)=O)ncc1CNc1cc(NC(=O)C2CC2)c2ncn(C)c2c1. The first-order valence-electron chi connectivity index (χ1n) is 9.94. The first-order chi connectivity index (χ1) is 14.3. The van der Waals surface area contributed by atoms with Crippen LogP contribution in [0, 0.1) is 5.92 Å². The van der Waals surface area contributed by atoms with E-state index in [4.69, 9.17) is 0 Å². The molecule has 0 spiro atoms. The molecule has 1 aromatic carbocycles. The van der Waals surface area contributed by atoms with Crippen molar-refractivity contribution in [3.63, 3.8) is 0 Å². The van der Waals surface area contributed by atoms with Gasteiger partial charge in [-0.25, -0.2) is 18.4 Å². The van der Waals surface area contributed by atoms with Gasteiger partial charge in [0, 0.05) is 37.7 Å². The smallest absolute Gasteiger partial charge is 0.227 e. The summed E-state index contributed by atoms with van der Waals surface area (Å²) < 4.78 is 25.5. The van der Waals surface area contributed by atoms with Gasteiger partial charge in [0.15, 0.2) is 14.9 Å². The largest absolute Gasteiger partial charge is 0.381 e. The number of fused-ring (bicyclic) bond motifs is 1. The second kappa shape index (κ2) is 7.71. The molecule has 1 amide bonds. The van der Waals surface area contributed by atoms with Gasteiger partial charge in [-0.1, -0.05) is 6.92 Å². The topological polar surface area (TPSA) is 106 Å². The highest BCUT2D eigenvalue weighted by molar-refractivity contribution is 7.90. The number of carbonyl (C=O) groups excluding carboxylic acids is 1. The molecule has 1 aliphatic rings. The fraction of sp³-hybridized carbons (Fsp3) is 0.381. The Balaban J connectivity index is 1.61. The summed E-state index contributed by atoms with van der Waals surface area (Å²) in [5, 5.41) is 6.48. The van der Waals surface area contributed by atoms with Crippen molar-refractivity contribution in [2.75, 3.05) is 16.9 Å². The summed E-state index contributed by atoms with van der Waals surface area (Å²) in [7, 11) is -1.43. The minimum absolute atomic E-state index is 0.0351. The van der Waals surface area contributed by atoms with Gasteiger partial charge in [0.1, 0.15) is 5.52 Å². The van der Waals surface area contributed by atoms with Gasteiger partial charge in [0.25, 0.3) is 0 Å². The number of hydrogen-bond acceptors (Lipinski definition) is 6. The summed E-state index contributed by atoms with van der Waals surface area (Å²) in [6, 6.07) is 5.51. The average molecular weight is 428 g/mol. The minimum Gasteiger partial charge on any atom is -0.381 e. The molecule has 30 heavy (non-hydrogen) atoms. The normalized spacial score (nSPS) is 14.1. The van der Waals surface area contributed by atoms with Gasteiger partial charge in [0.05, 0.1) is 17.5 Å². The molecular weight excluding hydrogens is 402 g/mol. The van der Waals surface area contributed by atoms with Crippen molar-refractivity contribution in [1.29, 1.82) is 0 Å². The van der Waals surface area contributed by atoms with Crippen LogP contribution in [-0.4, -0.2) is 35.1 Å². The average Bonchev–Trinajstić information content (AvgIpc) is 3.49. The van der Waals surface area contributed by atoms with Crippen molar-refractivity contribution in [1.82, 2.24) is 14.5 Å². The summed E-state index contributed by atoms with van der Waals surface area (Å²) in [6.07, 6.45) is 7.07. The summed E-state index contributed by atoms with van der Waals surface area (Å²) in [5.41, 5.74) is 5.05. The highest BCUT2D eigenvalue weighted by Crippen LogP contribution is 2.33. The highest BCUT2D eigenvalue weighted by atomic mass is 32.2. The molecule has 0 atom stereocenters. The Bertz CT molecular complexity index is 1230. The Morgan fingerprint density at radius 2 is 1.97 bits per heavy atom. The van der Waals surface area contributed by atoms with Gasteiger partial charge < -0.3 is 15.2 Å². The fourth-order valence-corrected chi connectivity index (χ4v) is 4.00. The number of aryl methyl sites for hydroxylation is 2. The van der Waals surface area contributed by atoms with E-state index in [9.17, 15) is 13.2 Å². The number of anilines is 2. The van der Waals surface area contributed by atoms with E-state index in [1.807, 2.05) is 30.7 Å². The second-order valence-electron chi connectivity index (χ2n) is 7.78. The Morgan fingerprint density at radius 1 is 1.20 bits per heavy atom. The summed E-state index contributed by atoms with van der Waals surface area (Å²) in [4.78, 5) is 20.8. The van der Waals surface area contributed by atoms with Gasteiger partial charge in [-0.15, -0.1) is 0 Å². The van der Waals surface area contributed by atoms with Crippen molar-refractivity contribution >= 4 is 38.2 Å². The molecule has 1 aliphatic carbocycles. The molecule has 1 fully saturated rings. The zero-order valence-corrected chi connectivity index (χ0v) is 18.1. The number of amides is 1. The molecule has 0 radical (unpaired) electrons. The van der Waals surface area contributed by atoms with Crippen LogP contribution < -0.4 is 10.6 Å². The van der Waals surface area contributed by atoms with Crippen molar-refractivity contribution < 1.29 is 13.2 Å². The van der Waals surface area contributed by atoms with E-state index < -0.39 is 9.84 Å². The monoisotopic (exact) mass is 427 g/mol. The summed E-state index contributed by atoms with van der Waals surface area (Å²) >= 11 is 0. The maximum absolute atomic E-state index is 12.3. The number of hydrogen-bond donors (Lipinski definition) is 2. The second-order valence-corrected chi connectivity index (χ2v) is 9.74. The van der Waals surface area contributed by atoms with E-state index in [0.717, 1.165) is 46.9 Å². The van der Waals surface area contributed by atoms with Crippen molar-refractivity contribution in [3.8, 4) is 0 Å². The lowest BCUT2D eigenvalue weighted by Gasteiger charge is -2.13. The van der Waals surface area contributed by atoms with Crippen molar-refractivity contribution in [2.45, 2.75) is 37.8 Å². The van der Waals surface area contributed by atoms with Crippen LogP contribution in [0.2, 0.25) is 0 Å². The highest BCUT2D eigenvalue weighted by Gasteiger charge is 2.30. The summed E-state index contributed by atoms with van der Waals surface area (Å²) in [5.74, 6) is 0.139. The van der Waals surface area contributed by atoms with Crippen LogP contribution in [-0.2, 0) is 34.6 Å². The quantitative estimate of drug-likeness (QED) is 0.601. The number of imidazole rings is 1. The molecule has 0 saturated heterocycles. The predicted molar refractivity (Wildman–Crippen MR) is 116 cm³/mol. The van der Waals surface area contributed by atoms with Gasteiger partial charge in [-0.05, 0) is 48.6 Å². The number of rotatable bonds is 7. The number of carbonyl (C=O) groups is 1. The third-order valence-corrected chi connectivity index (χ3v) is 6.32. The fourth-order valence-electron chi connectivity index (χ4n) is 3.40. The standard InChI is InChI=1S/C21H25N5O3S/c1-4-13-7-19(30(3,28)29)23-11-15(13)10-22-16-8-17(25-21(27)14-5-6-14)20-18(9-16)26(2)12-24-20/h7-9,11-12,14,22H,4-6,10H2,1-3H3,(H,25,27). The van der Waals surface area contributed by atoms with Crippen molar-refractivity contribution in [3.05, 3.63) is 41.9 Å². The minimum atomic E-state index is -3.34. The molecule has 2 aromatic heterocycles. The predicted octanol–water partition coefficient (Wildman–Crippen LogP) is 2.89. The number of aromatic nitrogens is 3. The van der Waals surface area contributed by atoms with Gasteiger partial charge in [0.2, 0.25) is 5.91 Å². The van der Waals surface area contributed by atoms with Crippen LogP contribution in [0.5, 0.6) is 0 Å². The molecule has 2 N–H and O–H groups in total. The molecule has 1 saturated carbocycles. The molecule has 2 heterocycles. The van der Waals surface area contributed by atoms with E-state index in [1.165, 1.54) is 0 Å². The lowest BCUT2D eigenvalue weighted by atomic mass is 10.1. The van der Waals surface area contributed by atoms with Gasteiger partial charge >= 0.3 is 0 Å². The van der Waals surface area contributed by atoms with E-state index in [1.54, 1.807) is 18.6 Å². The zero-order chi connectivity index (χ0) is 21.5. The van der Waals surface area contributed by atoms with Gasteiger partial charge in [-0.2, -0.15) is 0 Å². The first-order valence-corrected chi connectivity index (χ1v) is 11.8. The molecule has 0 aliphatic heterocycles. The maximum atomic E-state index is 12.3. The van der Waals surface area contributed by atoms with Crippen LogP contribution >= 0.6 is 0 Å². The molecule has 0 unspecified atom stereocenters. The third-order valence-electron chi connectivity index (χ3n) is 5.34. The van der Waals surface area contributed by atoms with Crippen LogP contribution in [0.4, 0.5) is 11.4 Å². The summed E-state index contributed by atoms with van der Waals surface area (Å²) in [6.45, 7) is 2.47. The van der Waals surface area contributed by atoms with Crippen molar-refractivity contribution in [2.24, 2.45) is 13.0 Å². The molecule has 8 nitrogen and oxygen atoms in total. The first kappa shape index (κ1) is 20.3. The van der Waals surface area contributed by atoms with Crippen LogP contribution in [0.3, 0.4) is 0 Å². The molecule has 0 bridgehead atoms. The van der Waals surface area contributed by atoms with Crippen LogP contribution in [0.15, 0.2) is 35.7 Å². The van der Waals surface area contributed by atoms with E-state index in [2.05, 4.69) is 20.6 Å². The van der Waals surface area contributed by atoms with E-state index in [0.29, 0.717) is 18.7 Å². The van der Waals surface area contributed by atoms with E-state index >= 15 is 0 Å². The maximum Gasteiger partial charge on any atom is 0.227 e. The number of nitrogens with zero attached hydrogens (tertiary/aromatic N) is 3. The lowest BCUT2D eigenvalue weighted by molar-refractivity contribution is -0.117. The third kappa shape index (κ3) is 4.16. The molecule has 158 valence electrons. The number of benzene rings is 1. The molecule has 9 heteroatoms. The Morgan fingerprint density at radius 3 is 2.63 bits per heavy atom. The Labute approximate surface area is 175 Å². The van der Waals surface area contributed by atoms with Gasteiger partial charge in [-0.3, -0.25) is 4.79 Å². The molecular formula is C21H25N5O3S. The number of sulfone groups is 1. The number of pyridine rings is 1.